The smallest absolute Gasteiger partial charge is 0.154 e. The molecule has 1 heterocycles. The van der Waals surface area contributed by atoms with Gasteiger partial charge in [-0.1, -0.05) is 23.9 Å². The van der Waals surface area contributed by atoms with Crippen LogP contribution in [0, 0.1) is 5.82 Å². The van der Waals surface area contributed by atoms with Crippen LogP contribution in [0.1, 0.15) is 18.5 Å². The molecule has 0 saturated carbocycles. The average Bonchev–Trinajstić information content (AvgIpc) is 2.73. The predicted molar refractivity (Wildman–Crippen MR) is 65.2 cm³/mol. The van der Waals surface area contributed by atoms with Gasteiger partial charge in [0.15, 0.2) is 4.34 Å². The van der Waals surface area contributed by atoms with Gasteiger partial charge < -0.3 is 5.73 Å². The summed E-state index contributed by atoms with van der Waals surface area (Å²) in [7, 11) is 0. The molecular weight excluding hydrogens is 243 g/mol. The number of benzene rings is 1. The van der Waals surface area contributed by atoms with Gasteiger partial charge in [-0.15, -0.1) is 11.3 Å². The van der Waals surface area contributed by atoms with Gasteiger partial charge in [-0.05, 0) is 18.6 Å². The highest BCUT2D eigenvalue weighted by Gasteiger charge is 2.13. The Hall–Kier alpha value is -0.910. The van der Waals surface area contributed by atoms with E-state index in [2.05, 4.69) is 4.98 Å². The van der Waals surface area contributed by atoms with Crippen molar-refractivity contribution in [1.29, 1.82) is 0 Å². The third-order valence-electron chi connectivity index (χ3n) is 2.09. The molecule has 0 aliphatic rings. The van der Waals surface area contributed by atoms with E-state index in [1.165, 1.54) is 29.2 Å². The summed E-state index contributed by atoms with van der Waals surface area (Å²) in [5.74, 6) is -0.241. The van der Waals surface area contributed by atoms with E-state index >= 15 is 0 Å². The predicted octanol–water partition coefficient (Wildman–Crippen LogP) is 3.45. The molecule has 0 amide bonds. The maximum atomic E-state index is 13.7. The van der Waals surface area contributed by atoms with Crippen molar-refractivity contribution in [1.82, 2.24) is 4.98 Å². The summed E-state index contributed by atoms with van der Waals surface area (Å²) in [5, 5.41) is 1.87. The molecule has 0 unspecified atom stereocenters. The maximum Gasteiger partial charge on any atom is 0.154 e. The Balaban J connectivity index is 2.38. The fraction of sp³-hybridized carbons (Fsp3) is 0.182. The topological polar surface area (TPSA) is 38.9 Å². The van der Waals surface area contributed by atoms with Crippen molar-refractivity contribution in [2.24, 2.45) is 5.73 Å². The third-order valence-corrected chi connectivity index (χ3v) is 4.11. The number of rotatable bonds is 3. The normalized spacial score (nSPS) is 12.7. The van der Waals surface area contributed by atoms with Crippen molar-refractivity contribution in [3.05, 3.63) is 41.2 Å². The van der Waals surface area contributed by atoms with E-state index in [1.807, 2.05) is 18.4 Å². The Labute approximate surface area is 102 Å². The van der Waals surface area contributed by atoms with E-state index in [4.69, 9.17) is 5.73 Å². The van der Waals surface area contributed by atoms with Crippen LogP contribution in [-0.4, -0.2) is 4.98 Å². The number of nitrogens with zero attached hydrogens (tertiary/aromatic N) is 1. The highest BCUT2D eigenvalue weighted by Crippen LogP contribution is 2.35. The molecule has 1 aromatic heterocycles. The van der Waals surface area contributed by atoms with Crippen LogP contribution in [0.2, 0.25) is 0 Å². The van der Waals surface area contributed by atoms with Gasteiger partial charge in [0.1, 0.15) is 5.82 Å². The number of hydrogen-bond acceptors (Lipinski definition) is 4. The van der Waals surface area contributed by atoms with Crippen LogP contribution in [0.15, 0.2) is 39.0 Å². The summed E-state index contributed by atoms with van der Waals surface area (Å²) in [6.07, 6.45) is 1.71. The zero-order valence-corrected chi connectivity index (χ0v) is 10.3. The van der Waals surface area contributed by atoms with E-state index in [1.54, 1.807) is 12.3 Å². The molecular formula is C11H11FN2S2. The molecule has 2 aromatic rings. The van der Waals surface area contributed by atoms with Crippen molar-refractivity contribution >= 4 is 23.1 Å². The molecule has 2 N–H and O–H groups in total. The first-order valence-corrected chi connectivity index (χ1v) is 6.49. The molecule has 0 spiro atoms. The lowest BCUT2D eigenvalue weighted by atomic mass is 10.1. The molecule has 1 aromatic carbocycles. The van der Waals surface area contributed by atoms with E-state index < -0.39 is 0 Å². The second-order valence-corrected chi connectivity index (χ2v) is 5.50. The zero-order chi connectivity index (χ0) is 11.5. The fourth-order valence-corrected chi connectivity index (χ4v) is 3.13. The second-order valence-electron chi connectivity index (χ2n) is 3.35. The Bertz CT molecular complexity index is 469. The van der Waals surface area contributed by atoms with Gasteiger partial charge in [-0.25, -0.2) is 9.37 Å². The number of halogens is 1. The van der Waals surface area contributed by atoms with Crippen molar-refractivity contribution in [2.75, 3.05) is 0 Å². The monoisotopic (exact) mass is 254 g/mol. The van der Waals surface area contributed by atoms with Gasteiger partial charge in [0.05, 0.1) is 4.90 Å². The minimum atomic E-state index is -0.241. The van der Waals surface area contributed by atoms with Gasteiger partial charge in [-0.2, -0.15) is 0 Å². The maximum absolute atomic E-state index is 13.7. The van der Waals surface area contributed by atoms with Crippen LogP contribution < -0.4 is 5.73 Å². The number of nitrogens with two attached hydrogens (primary N) is 1. The molecule has 0 fully saturated rings. The first kappa shape index (κ1) is 11.6. The fourth-order valence-electron chi connectivity index (χ4n) is 1.34. The molecule has 0 saturated heterocycles. The Morgan fingerprint density at radius 3 is 2.94 bits per heavy atom. The lowest BCUT2D eigenvalue weighted by Gasteiger charge is -2.11. The summed E-state index contributed by atoms with van der Waals surface area (Å²) in [6, 6.07) is 4.80. The van der Waals surface area contributed by atoms with E-state index in [0.717, 1.165) is 9.90 Å². The molecule has 2 nitrogen and oxygen atoms in total. The average molecular weight is 254 g/mol. The molecule has 0 radical (unpaired) electrons. The molecule has 1 atom stereocenters. The first-order valence-electron chi connectivity index (χ1n) is 4.80. The largest absolute Gasteiger partial charge is 0.324 e. The van der Waals surface area contributed by atoms with Crippen molar-refractivity contribution in [2.45, 2.75) is 22.2 Å². The van der Waals surface area contributed by atoms with Gasteiger partial charge in [0.2, 0.25) is 0 Å². The van der Waals surface area contributed by atoms with Gasteiger partial charge in [-0.3, -0.25) is 0 Å². The van der Waals surface area contributed by atoms with Crippen LogP contribution >= 0.6 is 23.1 Å². The quantitative estimate of drug-likeness (QED) is 0.911. The molecule has 84 valence electrons. The molecule has 5 heteroatoms. The molecule has 0 aliphatic heterocycles. The van der Waals surface area contributed by atoms with Crippen LogP contribution in [0.3, 0.4) is 0 Å². The van der Waals surface area contributed by atoms with Crippen LogP contribution in [0.5, 0.6) is 0 Å². The van der Waals surface area contributed by atoms with Crippen molar-refractivity contribution in [3.8, 4) is 0 Å². The Morgan fingerprint density at radius 1 is 1.50 bits per heavy atom. The van der Waals surface area contributed by atoms with Crippen molar-refractivity contribution < 1.29 is 4.39 Å². The molecule has 0 bridgehead atoms. The lowest BCUT2D eigenvalue weighted by molar-refractivity contribution is 0.591. The zero-order valence-electron chi connectivity index (χ0n) is 8.68. The summed E-state index contributed by atoms with van der Waals surface area (Å²) >= 11 is 2.82. The number of hydrogen-bond donors (Lipinski definition) is 1. The first-order chi connectivity index (χ1) is 7.68. The second kappa shape index (κ2) is 4.95. The van der Waals surface area contributed by atoms with Gasteiger partial charge in [0, 0.05) is 17.6 Å². The SMILES string of the molecule is C[C@@H](N)c1cccc(F)c1Sc1nccs1. The Morgan fingerprint density at radius 2 is 2.31 bits per heavy atom. The lowest BCUT2D eigenvalue weighted by Crippen LogP contribution is -2.07. The minimum Gasteiger partial charge on any atom is -0.324 e. The third kappa shape index (κ3) is 2.42. The molecule has 16 heavy (non-hydrogen) atoms. The number of thiazole rings is 1. The highest BCUT2D eigenvalue weighted by atomic mass is 32.2. The molecule has 2 rings (SSSR count). The highest BCUT2D eigenvalue weighted by molar-refractivity contribution is 8.01. The summed E-state index contributed by atoms with van der Waals surface area (Å²) in [4.78, 5) is 4.70. The van der Waals surface area contributed by atoms with E-state index in [-0.39, 0.29) is 11.9 Å². The van der Waals surface area contributed by atoms with Crippen molar-refractivity contribution in [3.63, 3.8) is 0 Å². The molecule has 0 aliphatic carbocycles. The van der Waals surface area contributed by atoms with Crippen LogP contribution in [0.4, 0.5) is 4.39 Å². The summed E-state index contributed by atoms with van der Waals surface area (Å²) in [6.45, 7) is 1.85. The standard InChI is InChI=1S/C11H11FN2S2/c1-7(13)8-3-2-4-9(12)10(8)16-11-14-5-6-15-11/h2-7H,13H2,1H3/t7-/m1/s1. The van der Waals surface area contributed by atoms with E-state index in [9.17, 15) is 4.39 Å². The van der Waals surface area contributed by atoms with Crippen LogP contribution in [0.25, 0.3) is 0 Å². The Kier molecular flexibility index (Phi) is 3.58. The number of aromatic nitrogens is 1. The minimum absolute atomic E-state index is 0.182. The summed E-state index contributed by atoms with van der Waals surface area (Å²) < 4.78 is 14.5. The van der Waals surface area contributed by atoms with Gasteiger partial charge in [0.25, 0.3) is 0 Å². The van der Waals surface area contributed by atoms with Gasteiger partial charge >= 0.3 is 0 Å². The van der Waals surface area contributed by atoms with E-state index in [0.29, 0.717) is 4.90 Å². The summed E-state index contributed by atoms with van der Waals surface area (Å²) in [5.41, 5.74) is 6.63. The van der Waals surface area contributed by atoms with Crippen LogP contribution in [-0.2, 0) is 0 Å².